The number of hydrogen-bond acceptors (Lipinski definition) is 8. The minimum Gasteiger partial charge on any atom is -0.462 e. The van der Waals surface area contributed by atoms with Crippen LogP contribution >= 0.6 is 7.82 Å². The van der Waals surface area contributed by atoms with E-state index in [9.17, 15) is 19.0 Å². The monoisotopic (exact) mass is 760 g/mol. The largest absolute Gasteiger partial charge is 0.472 e. The molecule has 0 spiro atoms. The average Bonchev–Trinajstić information content (AvgIpc) is 3.12. The molecule has 2 atom stereocenters. The number of ether oxygens (including phenoxy) is 2. The first-order chi connectivity index (χ1) is 25.3. The lowest BCUT2D eigenvalue weighted by molar-refractivity contribution is -0.161. The van der Waals surface area contributed by atoms with Crippen LogP contribution in [0.2, 0.25) is 0 Å². The predicted octanol–water partition coefficient (Wildman–Crippen LogP) is 12.1. The lowest BCUT2D eigenvalue weighted by Gasteiger charge is -2.20. The molecular formula is C42H82NO8P. The Bertz CT molecular complexity index is 871. The number of nitrogens with one attached hydrogen (secondary N) is 1. The fraction of sp³-hybridized carbons (Fsp3) is 0.905. The van der Waals surface area contributed by atoms with Gasteiger partial charge in [-0.3, -0.25) is 18.6 Å². The van der Waals surface area contributed by atoms with Gasteiger partial charge in [-0.05, 0) is 45.6 Å². The fourth-order valence-electron chi connectivity index (χ4n) is 6.08. The van der Waals surface area contributed by atoms with Crippen molar-refractivity contribution in [3.8, 4) is 0 Å². The molecular weight excluding hydrogens is 677 g/mol. The Labute approximate surface area is 320 Å². The van der Waals surface area contributed by atoms with E-state index in [2.05, 4.69) is 31.3 Å². The Morgan fingerprint density at radius 2 is 0.981 bits per heavy atom. The van der Waals surface area contributed by atoms with Gasteiger partial charge >= 0.3 is 19.8 Å². The van der Waals surface area contributed by atoms with Gasteiger partial charge in [0.05, 0.1) is 13.2 Å². The number of phosphoric ester groups is 1. The highest BCUT2D eigenvalue weighted by atomic mass is 31.2. The van der Waals surface area contributed by atoms with Crippen LogP contribution in [0, 0.1) is 0 Å². The number of rotatable bonds is 41. The summed E-state index contributed by atoms with van der Waals surface area (Å²) in [4.78, 5) is 35.0. The van der Waals surface area contributed by atoms with Gasteiger partial charge < -0.3 is 19.7 Å². The maximum atomic E-state index is 12.6. The molecule has 0 amide bonds. The van der Waals surface area contributed by atoms with E-state index in [1.54, 1.807) is 7.05 Å². The molecule has 52 heavy (non-hydrogen) atoms. The predicted molar refractivity (Wildman–Crippen MR) is 215 cm³/mol. The SMILES string of the molecule is CCCCCCCC/C=C\CCCCCCCCCC(=O)OCC(COP(=O)(O)OCCNC)OC(=O)CCCCCCCCCCCCCCC. The van der Waals surface area contributed by atoms with E-state index in [0.717, 1.165) is 32.1 Å². The van der Waals surface area contributed by atoms with Crippen LogP contribution < -0.4 is 5.32 Å². The van der Waals surface area contributed by atoms with Gasteiger partial charge in [0.1, 0.15) is 6.61 Å². The summed E-state index contributed by atoms with van der Waals surface area (Å²) in [6, 6.07) is 0. The number of carbonyl (C=O) groups is 2. The number of likely N-dealkylation sites (N-methyl/N-ethyl adjacent to an activating group) is 1. The van der Waals surface area contributed by atoms with Crippen LogP contribution in [0.1, 0.15) is 206 Å². The smallest absolute Gasteiger partial charge is 0.462 e. The van der Waals surface area contributed by atoms with Gasteiger partial charge in [-0.1, -0.05) is 167 Å². The number of hydrogen-bond donors (Lipinski definition) is 2. The molecule has 0 heterocycles. The molecule has 0 aromatic carbocycles. The van der Waals surface area contributed by atoms with E-state index in [4.69, 9.17) is 18.5 Å². The second-order valence-electron chi connectivity index (χ2n) is 14.5. The zero-order chi connectivity index (χ0) is 38.2. The van der Waals surface area contributed by atoms with E-state index < -0.39 is 26.5 Å². The fourth-order valence-corrected chi connectivity index (χ4v) is 6.83. The maximum absolute atomic E-state index is 12.6. The van der Waals surface area contributed by atoms with Crippen LogP contribution in [0.5, 0.6) is 0 Å². The first-order valence-electron chi connectivity index (χ1n) is 21.6. The summed E-state index contributed by atoms with van der Waals surface area (Å²) in [5.74, 6) is -0.802. The standard InChI is InChI=1S/C42H82NO8P/c1-4-6-8-10-12-14-16-18-19-20-21-23-24-26-28-30-32-34-41(44)48-38-40(39-50-52(46,47)49-37-36-43-3)51-42(45)35-33-31-29-27-25-22-17-15-13-11-9-7-5-2/h18-19,40,43H,4-17,20-39H2,1-3H3,(H,46,47)/b19-18-. The third-order valence-corrected chi connectivity index (χ3v) is 10.4. The average molecular weight is 760 g/mol. The number of esters is 2. The van der Waals surface area contributed by atoms with Gasteiger partial charge in [0.15, 0.2) is 6.10 Å². The van der Waals surface area contributed by atoms with Gasteiger partial charge in [0.25, 0.3) is 0 Å². The molecule has 10 heteroatoms. The normalized spacial score (nSPS) is 13.4. The number of unbranched alkanes of at least 4 members (excludes halogenated alkanes) is 25. The molecule has 0 aromatic rings. The highest BCUT2D eigenvalue weighted by molar-refractivity contribution is 7.47. The topological polar surface area (TPSA) is 120 Å². The highest BCUT2D eigenvalue weighted by Gasteiger charge is 2.26. The Morgan fingerprint density at radius 1 is 0.577 bits per heavy atom. The van der Waals surface area contributed by atoms with Crippen molar-refractivity contribution in [1.82, 2.24) is 5.32 Å². The highest BCUT2D eigenvalue weighted by Crippen LogP contribution is 2.43. The Balaban J connectivity index is 4.19. The summed E-state index contributed by atoms with van der Waals surface area (Å²) in [5.41, 5.74) is 0. The molecule has 9 nitrogen and oxygen atoms in total. The van der Waals surface area contributed by atoms with Gasteiger partial charge in [-0.25, -0.2) is 4.57 Å². The van der Waals surface area contributed by atoms with Crippen molar-refractivity contribution in [3.05, 3.63) is 12.2 Å². The van der Waals surface area contributed by atoms with E-state index in [-0.39, 0.29) is 32.0 Å². The van der Waals surface area contributed by atoms with Crippen LogP contribution in [0.3, 0.4) is 0 Å². The Morgan fingerprint density at radius 3 is 1.42 bits per heavy atom. The molecule has 308 valence electrons. The zero-order valence-electron chi connectivity index (χ0n) is 34.0. The minimum atomic E-state index is -4.34. The van der Waals surface area contributed by atoms with E-state index >= 15 is 0 Å². The van der Waals surface area contributed by atoms with Crippen molar-refractivity contribution in [2.45, 2.75) is 213 Å². The van der Waals surface area contributed by atoms with Crippen LogP contribution in [0.25, 0.3) is 0 Å². The Hall–Kier alpha value is -1.25. The van der Waals surface area contributed by atoms with Gasteiger partial charge in [0, 0.05) is 19.4 Å². The first-order valence-corrected chi connectivity index (χ1v) is 23.1. The Kier molecular flexibility index (Phi) is 38.5. The van der Waals surface area contributed by atoms with E-state index in [1.165, 1.54) is 141 Å². The first kappa shape index (κ1) is 50.8. The second-order valence-corrected chi connectivity index (χ2v) is 16.0. The van der Waals surface area contributed by atoms with Crippen molar-refractivity contribution < 1.29 is 37.6 Å². The van der Waals surface area contributed by atoms with Gasteiger partial charge in [0.2, 0.25) is 0 Å². The molecule has 0 radical (unpaired) electrons. The molecule has 0 bridgehead atoms. The minimum absolute atomic E-state index is 0.0144. The summed E-state index contributed by atoms with van der Waals surface area (Å²) in [5, 5.41) is 2.82. The molecule has 2 unspecified atom stereocenters. The molecule has 0 saturated heterocycles. The van der Waals surface area contributed by atoms with Crippen LogP contribution in [0.4, 0.5) is 0 Å². The molecule has 0 aliphatic rings. The molecule has 0 aliphatic heterocycles. The zero-order valence-corrected chi connectivity index (χ0v) is 34.9. The second kappa shape index (κ2) is 39.4. The molecule has 0 fully saturated rings. The van der Waals surface area contributed by atoms with Crippen molar-refractivity contribution in [3.63, 3.8) is 0 Å². The summed E-state index contributed by atoms with van der Waals surface area (Å²) < 4.78 is 33.2. The van der Waals surface area contributed by atoms with E-state index in [1.807, 2.05) is 0 Å². The summed E-state index contributed by atoms with van der Waals surface area (Å²) >= 11 is 0. The third-order valence-electron chi connectivity index (χ3n) is 9.39. The lowest BCUT2D eigenvalue weighted by atomic mass is 10.0. The number of phosphoric acid groups is 1. The summed E-state index contributed by atoms with van der Waals surface area (Å²) in [7, 11) is -2.64. The van der Waals surface area contributed by atoms with Crippen LogP contribution in [0.15, 0.2) is 12.2 Å². The third kappa shape index (κ3) is 38.5. The number of carbonyl (C=O) groups excluding carboxylic acids is 2. The summed E-state index contributed by atoms with van der Waals surface area (Å²) in [6.07, 6.45) is 38.2. The molecule has 0 saturated carbocycles. The van der Waals surface area contributed by atoms with Crippen molar-refractivity contribution >= 4 is 19.8 Å². The molecule has 0 aromatic heterocycles. The molecule has 0 aliphatic carbocycles. The van der Waals surface area contributed by atoms with Gasteiger partial charge in [-0.2, -0.15) is 0 Å². The maximum Gasteiger partial charge on any atom is 0.472 e. The molecule has 0 rings (SSSR count). The molecule has 2 N–H and O–H groups in total. The van der Waals surface area contributed by atoms with Crippen molar-refractivity contribution in [2.75, 3.05) is 33.4 Å². The van der Waals surface area contributed by atoms with Crippen LogP contribution in [-0.4, -0.2) is 56.3 Å². The van der Waals surface area contributed by atoms with Crippen molar-refractivity contribution in [2.24, 2.45) is 0 Å². The quantitative estimate of drug-likeness (QED) is 0.0271. The number of allylic oxidation sites excluding steroid dienone is 2. The lowest BCUT2D eigenvalue weighted by Crippen LogP contribution is -2.29. The van der Waals surface area contributed by atoms with Gasteiger partial charge in [-0.15, -0.1) is 0 Å². The van der Waals surface area contributed by atoms with Crippen molar-refractivity contribution in [1.29, 1.82) is 0 Å². The van der Waals surface area contributed by atoms with E-state index in [0.29, 0.717) is 13.0 Å². The summed E-state index contributed by atoms with van der Waals surface area (Å²) in [6.45, 7) is 4.24. The van der Waals surface area contributed by atoms with Crippen LogP contribution in [-0.2, 0) is 32.7 Å².